The van der Waals surface area contributed by atoms with E-state index in [9.17, 15) is 14.0 Å². The predicted molar refractivity (Wildman–Crippen MR) is 91.1 cm³/mol. The third-order valence-electron chi connectivity index (χ3n) is 3.65. The van der Waals surface area contributed by atoms with Crippen molar-refractivity contribution < 1.29 is 23.5 Å². The van der Waals surface area contributed by atoms with Crippen molar-refractivity contribution in [1.29, 1.82) is 0 Å². The first-order valence-corrected chi connectivity index (χ1v) is 7.72. The van der Waals surface area contributed by atoms with Crippen LogP contribution in [0.15, 0.2) is 60.9 Å². The van der Waals surface area contributed by atoms with E-state index in [4.69, 9.17) is 9.47 Å². The zero-order chi connectivity index (χ0) is 18.5. The Morgan fingerprint density at radius 1 is 1.12 bits per heavy atom. The Bertz CT molecular complexity index is 938. The average Bonchev–Trinajstić information content (AvgIpc) is 3.17. The van der Waals surface area contributed by atoms with Crippen molar-refractivity contribution >= 4 is 11.8 Å². The van der Waals surface area contributed by atoms with Crippen LogP contribution in [-0.4, -0.2) is 35.2 Å². The monoisotopic (exact) mass is 354 g/mol. The molecule has 0 saturated carbocycles. The van der Waals surface area contributed by atoms with E-state index >= 15 is 0 Å². The quantitative estimate of drug-likeness (QED) is 0.503. The Kier molecular flexibility index (Phi) is 5.07. The van der Waals surface area contributed by atoms with Crippen LogP contribution in [-0.2, 0) is 4.74 Å². The molecule has 7 heteroatoms. The van der Waals surface area contributed by atoms with E-state index in [1.54, 1.807) is 0 Å². The van der Waals surface area contributed by atoms with E-state index < -0.39 is 24.2 Å². The number of nitrogens with zero attached hydrogens (tertiary/aromatic N) is 2. The van der Waals surface area contributed by atoms with Gasteiger partial charge in [0.25, 0.3) is 0 Å². The van der Waals surface area contributed by atoms with Gasteiger partial charge in [-0.2, -0.15) is 5.10 Å². The molecule has 6 nitrogen and oxygen atoms in total. The Hall–Kier alpha value is -3.48. The highest BCUT2D eigenvalue weighted by molar-refractivity contribution is 5.99. The number of ketones is 1. The molecule has 0 bridgehead atoms. The van der Waals surface area contributed by atoms with E-state index in [1.165, 1.54) is 36.3 Å². The molecule has 3 aromatic rings. The summed E-state index contributed by atoms with van der Waals surface area (Å²) in [6, 6.07) is 13.0. The molecule has 0 saturated heterocycles. The summed E-state index contributed by atoms with van der Waals surface area (Å²) in [6.07, 6.45) is 2.86. The number of methoxy groups -OCH3 is 1. The Labute approximate surface area is 148 Å². The number of Topliss-reactive ketones (excluding diaryl/α,β-unsaturated/α-hetero) is 1. The first-order valence-electron chi connectivity index (χ1n) is 7.72. The third-order valence-corrected chi connectivity index (χ3v) is 3.65. The number of benzene rings is 2. The summed E-state index contributed by atoms with van der Waals surface area (Å²) < 4.78 is 25.0. The maximum Gasteiger partial charge on any atom is 0.341 e. The van der Waals surface area contributed by atoms with Gasteiger partial charge >= 0.3 is 5.97 Å². The van der Waals surface area contributed by atoms with Crippen LogP contribution in [0, 0.1) is 5.82 Å². The van der Waals surface area contributed by atoms with Crippen molar-refractivity contribution in [3.63, 3.8) is 0 Å². The SMILES string of the molecule is COc1ccc(C(=O)COC(=O)c2cnn(-c3ccccc3)c2)cc1F. The van der Waals surface area contributed by atoms with Gasteiger partial charge in [-0.1, -0.05) is 18.2 Å². The molecule has 26 heavy (non-hydrogen) atoms. The minimum Gasteiger partial charge on any atom is -0.494 e. The first kappa shape index (κ1) is 17.3. The van der Waals surface area contributed by atoms with Crippen LogP contribution in [0.25, 0.3) is 5.69 Å². The summed E-state index contributed by atoms with van der Waals surface area (Å²) in [4.78, 5) is 24.1. The predicted octanol–water partition coefficient (Wildman–Crippen LogP) is 3.06. The zero-order valence-corrected chi connectivity index (χ0v) is 13.9. The van der Waals surface area contributed by atoms with Gasteiger partial charge in [0.15, 0.2) is 24.0 Å². The third kappa shape index (κ3) is 3.77. The fourth-order valence-electron chi connectivity index (χ4n) is 2.29. The summed E-state index contributed by atoms with van der Waals surface area (Å²) >= 11 is 0. The molecule has 0 aliphatic carbocycles. The normalized spacial score (nSPS) is 10.4. The molecule has 1 heterocycles. The lowest BCUT2D eigenvalue weighted by Crippen LogP contribution is -2.14. The molecule has 0 fully saturated rings. The molecule has 0 amide bonds. The van der Waals surface area contributed by atoms with Gasteiger partial charge in [-0.25, -0.2) is 13.9 Å². The Balaban J connectivity index is 1.63. The number of carbonyl (C=O) groups excluding carboxylic acids is 2. The van der Waals surface area contributed by atoms with Crippen LogP contribution < -0.4 is 4.74 Å². The second-order valence-corrected chi connectivity index (χ2v) is 5.36. The van der Waals surface area contributed by atoms with Crippen molar-refractivity contribution in [1.82, 2.24) is 9.78 Å². The van der Waals surface area contributed by atoms with E-state index in [2.05, 4.69) is 5.10 Å². The summed E-state index contributed by atoms with van der Waals surface area (Å²) in [7, 11) is 1.33. The van der Waals surface area contributed by atoms with Crippen molar-refractivity contribution in [3.8, 4) is 11.4 Å². The molecule has 3 rings (SSSR count). The number of esters is 1. The molecule has 1 aromatic heterocycles. The van der Waals surface area contributed by atoms with Gasteiger partial charge in [-0.3, -0.25) is 4.79 Å². The molecular formula is C19H15FN2O4. The highest BCUT2D eigenvalue weighted by Gasteiger charge is 2.15. The van der Waals surface area contributed by atoms with Gasteiger partial charge in [-0.05, 0) is 30.3 Å². The van der Waals surface area contributed by atoms with Crippen molar-refractivity contribution in [2.45, 2.75) is 0 Å². The Morgan fingerprint density at radius 3 is 2.58 bits per heavy atom. The van der Waals surface area contributed by atoms with Crippen molar-refractivity contribution in [2.75, 3.05) is 13.7 Å². The summed E-state index contributed by atoms with van der Waals surface area (Å²) in [5, 5.41) is 4.09. The topological polar surface area (TPSA) is 70.4 Å². The van der Waals surface area contributed by atoms with Gasteiger partial charge in [0, 0.05) is 11.8 Å². The van der Waals surface area contributed by atoms with Gasteiger partial charge in [0.1, 0.15) is 0 Å². The number of rotatable bonds is 6. The van der Waals surface area contributed by atoms with E-state index in [0.717, 1.165) is 11.8 Å². The number of ether oxygens (including phenoxy) is 2. The summed E-state index contributed by atoms with van der Waals surface area (Å²) in [5.41, 5.74) is 1.09. The number of hydrogen-bond donors (Lipinski definition) is 0. The second kappa shape index (κ2) is 7.60. The van der Waals surface area contributed by atoms with E-state index in [0.29, 0.717) is 0 Å². The molecule has 0 aliphatic rings. The van der Waals surface area contributed by atoms with E-state index in [1.807, 2.05) is 30.3 Å². The fraction of sp³-hybridized carbons (Fsp3) is 0.105. The van der Waals surface area contributed by atoms with Crippen LogP contribution in [0.3, 0.4) is 0 Å². The molecule has 0 N–H and O–H groups in total. The molecule has 132 valence electrons. The van der Waals surface area contributed by atoms with Gasteiger partial charge in [0.2, 0.25) is 0 Å². The van der Waals surface area contributed by atoms with Gasteiger partial charge in [0.05, 0.1) is 24.6 Å². The molecule has 2 aromatic carbocycles. The number of para-hydroxylation sites is 1. The van der Waals surface area contributed by atoms with Crippen LogP contribution >= 0.6 is 0 Å². The molecule has 0 radical (unpaired) electrons. The second-order valence-electron chi connectivity index (χ2n) is 5.36. The summed E-state index contributed by atoms with van der Waals surface area (Å²) in [6.45, 7) is -0.499. The first-order chi connectivity index (χ1) is 12.6. The number of aromatic nitrogens is 2. The van der Waals surface area contributed by atoms with Crippen LogP contribution in [0.5, 0.6) is 5.75 Å². The molecule has 0 unspecified atom stereocenters. The minimum absolute atomic E-state index is 0.0341. The fourth-order valence-corrected chi connectivity index (χ4v) is 2.29. The lowest BCUT2D eigenvalue weighted by molar-refractivity contribution is 0.0474. The largest absolute Gasteiger partial charge is 0.494 e. The van der Waals surface area contributed by atoms with Crippen LogP contribution in [0.4, 0.5) is 4.39 Å². The van der Waals surface area contributed by atoms with Crippen molar-refractivity contribution in [3.05, 3.63) is 77.9 Å². The van der Waals surface area contributed by atoms with Gasteiger partial charge in [-0.15, -0.1) is 0 Å². The number of carbonyl (C=O) groups is 2. The summed E-state index contributed by atoms with van der Waals surface area (Å²) in [5.74, 6) is -1.83. The maximum absolute atomic E-state index is 13.6. The molecule has 0 atom stereocenters. The molecular weight excluding hydrogens is 339 g/mol. The average molecular weight is 354 g/mol. The van der Waals surface area contributed by atoms with Crippen LogP contribution in [0.1, 0.15) is 20.7 Å². The number of hydrogen-bond acceptors (Lipinski definition) is 5. The molecule has 0 spiro atoms. The highest BCUT2D eigenvalue weighted by atomic mass is 19.1. The highest BCUT2D eigenvalue weighted by Crippen LogP contribution is 2.18. The molecule has 0 aliphatic heterocycles. The minimum atomic E-state index is -0.686. The van der Waals surface area contributed by atoms with Gasteiger partial charge < -0.3 is 9.47 Å². The number of halogens is 1. The van der Waals surface area contributed by atoms with Crippen molar-refractivity contribution in [2.24, 2.45) is 0 Å². The lowest BCUT2D eigenvalue weighted by atomic mass is 10.1. The van der Waals surface area contributed by atoms with E-state index in [-0.39, 0.29) is 16.9 Å². The lowest BCUT2D eigenvalue weighted by Gasteiger charge is -2.05. The smallest absolute Gasteiger partial charge is 0.341 e. The zero-order valence-electron chi connectivity index (χ0n) is 13.9. The van der Waals surface area contributed by atoms with Crippen LogP contribution in [0.2, 0.25) is 0 Å². The maximum atomic E-state index is 13.6. The standard InChI is InChI=1S/C19H15FN2O4/c1-25-18-8-7-13(9-16(18)20)17(23)12-26-19(24)14-10-21-22(11-14)15-5-3-2-4-6-15/h2-11H,12H2,1H3. The Morgan fingerprint density at radius 2 is 1.88 bits per heavy atom.